The number of carbonyl (C=O) groups is 2. The molecule has 1 saturated heterocycles. The highest BCUT2D eigenvalue weighted by Crippen LogP contribution is 2.25. The van der Waals surface area contributed by atoms with Gasteiger partial charge < -0.3 is 15.4 Å². The smallest absolute Gasteiger partial charge is 0.328 e. The molecular formula is C14H17BrN2O3. The van der Waals surface area contributed by atoms with Crippen molar-refractivity contribution in [3.05, 3.63) is 28.2 Å². The van der Waals surface area contributed by atoms with E-state index in [0.717, 1.165) is 12.8 Å². The molecule has 2 rings (SSSR count). The Kier molecular flexibility index (Phi) is 4.65. The van der Waals surface area contributed by atoms with Crippen molar-refractivity contribution in [3.8, 4) is 0 Å². The van der Waals surface area contributed by atoms with E-state index in [9.17, 15) is 9.59 Å². The number of nitrogens with zero attached hydrogens (tertiary/aromatic N) is 1. The first-order valence-electron chi connectivity index (χ1n) is 6.48. The molecule has 1 aromatic rings. The molecule has 1 aromatic carbocycles. The van der Waals surface area contributed by atoms with Crippen molar-refractivity contribution < 1.29 is 14.3 Å². The second-order valence-electron chi connectivity index (χ2n) is 4.77. The molecule has 0 aliphatic carbocycles. The Morgan fingerprint density at radius 2 is 2.15 bits per heavy atom. The molecule has 0 radical (unpaired) electrons. The Bertz CT molecular complexity index is 533. The number of hydrogen-bond acceptors (Lipinski definition) is 4. The van der Waals surface area contributed by atoms with E-state index in [-0.39, 0.29) is 11.9 Å². The summed E-state index contributed by atoms with van der Waals surface area (Å²) in [6, 6.07) is 4.57. The third-order valence-corrected chi connectivity index (χ3v) is 4.15. The lowest BCUT2D eigenvalue weighted by Crippen LogP contribution is -2.48. The maximum Gasteiger partial charge on any atom is 0.328 e. The van der Waals surface area contributed by atoms with Gasteiger partial charge in [0.15, 0.2) is 0 Å². The van der Waals surface area contributed by atoms with Gasteiger partial charge in [-0.25, -0.2) is 4.79 Å². The third kappa shape index (κ3) is 2.95. The fourth-order valence-electron chi connectivity index (χ4n) is 2.42. The Morgan fingerprint density at radius 3 is 2.85 bits per heavy atom. The number of carbonyl (C=O) groups excluding carboxylic acids is 2. The Balaban J connectivity index is 2.30. The van der Waals surface area contributed by atoms with Gasteiger partial charge in [-0.3, -0.25) is 4.79 Å². The molecule has 0 spiro atoms. The molecule has 0 bridgehead atoms. The van der Waals surface area contributed by atoms with E-state index in [2.05, 4.69) is 15.9 Å². The lowest BCUT2D eigenvalue weighted by molar-refractivity contribution is -0.147. The monoisotopic (exact) mass is 340 g/mol. The Labute approximate surface area is 126 Å². The zero-order chi connectivity index (χ0) is 14.7. The maximum absolute atomic E-state index is 12.6. The van der Waals surface area contributed by atoms with E-state index in [1.54, 1.807) is 23.1 Å². The second-order valence-corrected chi connectivity index (χ2v) is 5.63. The summed E-state index contributed by atoms with van der Waals surface area (Å²) in [6.45, 7) is 0.555. The standard InChI is InChI=1S/C14H17BrN2O3/c1-20-14(19)12-4-2-3-7-17(12)13(18)10-8-9(16)5-6-11(10)15/h5-6,8,12H,2-4,7,16H2,1H3. The molecule has 1 unspecified atom stereocenters. The first-order chi connectivity index (χ1) is 9.54. The number of amides is 1. The number of nitrogen functional groups attached to an aromatic ring is 1. The van der Waals surface area contributed by atoms with Crippen molar-refractivity contribution >= 4 is 33.5 Å². The van der Waals surface area contributed by atoms with Crippen molar-refractivity contribution in [1.82, 2.24) is 4.90 Å². The summed E-state index contributed by atoms with van der Waals surface area (Å²) in [7, 11) is 1.34. The summed E-state index contributed by atoms with van der Waals surface area (Å²) in [5.74, 6) is -0.558. The minimum Gasteiger partial charge on any atom is -0.467 e. The van der Waals surface area contributed by atoms with Gasteiger partial charge in [0.05, 0.1) is 12.7 Å². The molecule has 6 heteroatoms. The molecule has 0 aromatic heterocycles. The number of ether oxygens (including phenoxy) is 1. The zero-order valence-corrected chi connectivity index (χ0v) is 12.9. The number of halogens is 1. The predicted molar refractivity (Wildman–Crippen MR) is 79.2 cm³/mol. The van der Waals surface area contributed by atoms with Gasteiger partial charge in [0.25, 0.3) is 5.91 Å². The van der Waals surface area contributed by atoms with Crippen LogP contribution in [0.2, 0.25) is 0 Å². The Hall–Kier alpha value is -1.56. The van der Waals surface area contributed by atoms with Crippen LogP contribution >= 0.6 is 15.9 Å². The number of rotatable bonds is 2. The largest absolute Gasteiger partial charge is 0.467 e. The summed E-state index contributed by atoms with van der Waals surface area (Å²) >= 11 is 3.35. The first kappa shape index (κ1) is 14.8. The fraction of sp³-hybridized carbons (Fsp3) is 0.429. The van der Waals surface area contributed by atoms with Crippen LogP contribution < -0.4 is 5.73 Å². The topological polar surface area (TPSA) is 72.6 Å². The van der Waals surface area contributed by atoms with E-state index in [4.69, 9.17) is 10.5 Å². The number of piperidine rings is 1. The summed E-state index contributed by atoms with van der Waals surface area (Å²) in [6.07, 6.45) is 2.44. The van der Waals surface area contributed by atoms with Crippen LogP contribution in [0.1, 0.15) is 29.6 Å². The number of nitrogens with two attached hydrogens (primary N) is 1. The summed E-state index contributed by atoms with van der Waals surface area (Å²) in [5, 5.41) is 0. The van der Waals surface area contributed by atoms with Gasteiger partial charge in [-0.2, -0.15) is 0 Å². The van der Waals surface area contributed by atoms with Gasteiger partial charge in [0.2, 0.25) is 0 Å². The summed E-state index contributed by atoms with van der Waals surface area (Å²) < 4.78 is 5.46. The van der Waals surface area contributed by atoms with Crippen LogP contribution in [0.3, 0.4) is 0 Å². The molecule has 108 valence electrons. The molecule has 0 saturated carbocycles. The van der Waals surface area contributed by atoms with E-state index in [1.165, 1.54) is 7.11 Å². The summed E-state index contributed by atoms with van der Waals surface area (Å²) in [4.78, 5) is 26.0. The highest BCUT2D eigenvalue weighted by Gasteiger charge is 2.33. The highest BCUT2D eigenvalue weighted by molar-refractivity contribution is 9.10. The van der Waals surface area contributed by atoms with Gasteiger partial charge in [0, 0.05) is 16.7 Å². The zero-order valence-electron chi connectivity index (χ0n) is 11.3. The molecule has 5 nitrogen and oxygen atoms in total. The molecule has 1 aliphatic rings. The van der Waals surface area contributed by atoms with Crippen LogP contribution in [0.25, 0.3) is 0 Å². The molecule has 1 aliphatic heterocycles. The van der Waals surface area contributed by atoms with Gasteiger partial charge in [-0.1, -0.05) is 0 Å². The SMILES string of the molecule is COC(=O)C1CCCCN1C(=O)c1cc(N)ccc1Br. The lowest BCUT2D eigenvalue weighted by Gasteiger charge is -2.34. The summed E-state index contributed by atoms with van der Waals surface area (Å²) in [5.41, 5.74) is 6.72. The first-order valence-corrected chi connectivity index (χ1v) is 7.27. The van der Waals surface area contributed by atoms with Crippen LogP contribution in [0.4, 0.5) is 5.69 Å². The van der Waals surface area contributed by atoms with E-state index >= 15 is 0 Å². The maximum atomic E-state index is 12.6. The lowest BCUT2D eigenvalue weighted by atomic mass is 10.0. The van der Waals surface area contributed by atoms with Crippen LogP contribution in [0, 0.1) is 0 Å². The van der Waals surface area contributed by atoms with Gasteiger partial charge in [-0.15, -0.1) is 0 Å². The number of methoxy groups -OCH3 is 1. The van der Waals surface area contributed by atoms with Gasteiger partial charge >= 0.3 is 5.97 Å². The van der Waals surface area contributed by atoms with Crippen LogP contribution in [-0.2, 0) is 9.53 Å². The minimum absolute atomic E-state index is 0.195. The number of anilines is 1. The van der Waals surface area contributed by atoms with Crippen LogP contribution in [-0.4, -0.2) is 36.5 Å². The number of hydrogen-bond donors (Lipinski definition) is 1. The van der Waals surface area contributed by atoms with Crippen LogP contribution in [0.15, 0.2) is 22.7 Å². The highest BCUT2D eigenvalue weighted by atomic mass is 79.9. The van der Waals surface area contributed by atoms with Crippen molar-refractivity contribution in [3.63, 3.8) is 0 Å². The molecule has 1 heterocycles. The van der Waals surface area contributed by atoms with E-state index in [0.29, 0.717) is 28.7 Å². The van der Waals surface area contributed by atoms with Gasteiger partial charge in [0.1, 0.15) is 6.04 Å². The fourth-order valence-corrected chi connectivity index (χ4v) is 2.83. The van der Waals surface area contributed by atoms with Crippen molar-refractivity contribution in [2.45, 2.75) is 25.3 Å². The third-order valence-electron chi connectivity index (χ3n) is 3.46. The van der Waals surface area contributed by atoms with E-state index < -0.39 is 6.04 Å². The molecular weight excluding hydrogens is 324 g/mol. The van der Waals surface area contributed by atoms with Crippen LogP contribution in [0.5, 0.6) is 0 Å². The number of benzene rings is 1. The molecule has 1 fully saturated rings. The van der Waals surface area contributed by atoms with Crippen molar-refractivity contribution in [1.29, 1.82) is 0 Å². The minimum atomic E-state index is -0.505. The molecule has 2 N–H and O–H groups in total. The average molecular weight is 341 g/mol. The quantitative estimate of drug-likeness (QED) is 0.661. The van der Waals surface area contributed by atoms with Crippen molar-refractivity contribution in [2.24, 2.45) is 0 Å². The molecule has 1 atom stereocenters. The second kappa shape index (κ2) is 6.26. The van der Waals surface area contributed by atoms with E-state index in [1.807, 2.05) is 0 Å². The average Bonchev–Trinajstić information content (AvgIpc) is 2.48. The molecule has 1 amide bonds. The number of likely N-dealkylation sites (tertiary alicyclic amines) is 1. The molecule has 20 heavy (non-hydrogen) atoms. The van der Waals surface area contributed by atoms with Crippen molar-refractivity contribution in [2.75, 3.05) is 19.4 Å². The van der Waals surface area contributed by atoms with Gasteiger partial charge in [-0.05, 0) is 53.4 Å². The predicted octanol–water partition coefficient (Wildman–Crippen LogP) is 2.20. The number of esters is 1. The normalized spacial score (nSPS) is 18.7. The Morgan fingerprint density at radius 1 is 1.40 bits per heavy atom.